The van der Waals surface area contributed by atoms with E-state index in [1.165, 1.54) is 25.7 Å². The number of halogens is 3. The minimum atomic E-state index is -2.24. The summed E-state index contributed by atoms with van der Waals surface area (Å²) in [5, 5.41) is 0. The van der Waals surface area contributed by atoms with Gasteiger partial charge in [0.05, 0.1) is 12.1 Å². The molecule has 0 heterocycles. The SMILES string of the molecule is CC1CC(C)C(N=CC=NC2C(C)CC(C)CC2C)C(C)C1.[Cl][Nd]([Cl])[Cl]. The molecule has 0 saturated heterocycles. The molecule has 26 heavy (non-hydrogen) atoms. The van der Waals surface area contributed by atoms with Crippen molar-refractivity contribution in [3.8, 4) is 0 Å². The van der Waals surface area contributed by atoms with Crippen molar-refractivity contribution >= 4 is 29.8 Å². The molecular formula is C20H36Cl3N2Nd. The van der Waals surface area contributed by atoms with Gasteiger partial charge in [0, 0.05) is 12.4 Å². The molecular weight excluding hydrogens is 519 g/mol. The first-order chi connectivity index (χ1) is 12.1. The van der Waals surface area contributed by atoms with Gasteiger partial charge in [0.1, 0.15) is 0 Å². The Morgan fingerprint density at radius 3 is 1.08 bits per heavy atom. The zero-order valence-corrected chi connectivity index (χ0v) is 22.6. The van der Waals surface area contributed by atoms with Gasteiger partial charge < -0.3 is 0 Å². The van der Waals surface area contributed by atoms with Crippen LogP contribution in [0.4, 0.5) is 0 Å². The van der Waals surface area contributed by atoms with Crippen molar-refractivity contribution in [2.45, 2.75) is 79.3 Å². The molecule has 0 aromatic rings. The average molecular weight is 555 g/mol. The molecule has 0 aliphatic heterocycles. The van der Waals surface area contributed by atoms with Crippen LogP contribution < -0.4 is 0 Å². The van der Waals surface area contributed by atoms with Crippen molar-refractivity contribution in [2.75, 3.05) is 0 Å². The normalized spacial score (nSPS) is 41.1. The van der Waals surface area contributed by atoms with E-state index in [1.54, 1.807) is 0 Å². The van der Waals surface area contributed by atoms with E-state index in [9.17, 15) is 0 Å². The van der Waals surface area contributed by atoms with E-state index in [1.807, 2.05) is 12.4 Å². The zero-order valence-electron chi connectivity index (χ0n) is 17.1. The summed E-state index contributed by atoms with van der Waals surface area (Å²) in [5.41, 5.74) is 0. The van der Waals surface area contributed by atoms with Crippen molar-refractivity contribution in [2.24, 2.45) is 45.5 Å². The Morgan fingerprint density at radius 1 is 0.615 bits per heavy atom. The zero-order chi connectivity index (χ0) is 19.9. The van der Waals surface area contributed by atoms with Crippen LogP contribution in [-0.2, 0) is 0 Å². The molecule has 2 saturated carbocycles. The number of rotatable bonds is 3. The summed E-state index contributed by atoms with van der Waals surface area (Å²) in [4.78, 5) is 9.71. The van der Waals surface area contributed by atoms with E-state index in [4.69, 9.17) is 27.4 Å². The maximum absolute atomic E-state index is 5.02. The first-order valence-electron chi connectivity index (χ1n) is 10.00. The van der Waals surface area contributed by atoms with Crippen LogP contribution in [0, 0.1) is 65.4 Å². The Kier molecular flexibility index (Phi) is 12.8. The van der Waals surface area contributed by atoms with Gasteiger partial charge in [0.25, 0.3) is 0 Å². The van der Waals surface area contributed by atoms with Gasteiger partial charge in [0.15, 0.2) is 0 Å². The third-order valence-electron chi connectivity index (χ3n) is 6.01. The summed E-state index contributed by atoms with van der Waals surface area (Å²) >= 11 is -2.24. The molecule has 4 unspecified atom stereocenters. The molecule has 0 radical (unpaired) electrons. The van der Waals surface area contributed by atoms with E-state index in [2.05, 4.69) is 41.5 Å². The van der Waals surface area contributed by atoms with Gasteiger partial charge in [-0.15, -0.1) is 0 Å². The molecule has 2 aliphatic rings. The summed E-state index contributed by atoms with van der Waals surface area (Å²) in [6.07, 6.45) is 9.25. The molecule has 6 heteroatoms. The third kappa shape index (κ3) is 9.37. The number of nitrogens with zero attached hydrogens (tertiary/aromatic N) is 2. The molecule has 2 fully saturated rings. The molecule has 0 N–H and O–H groups in total. The number of hydrogen-bond donors (Lipinski definition) is 0. The Hall–Kier alpha value is 1.56. The van der Waals surface area contributed by atoms with Crippen LogP contribution >= 0.6 is 17.4 Å². The second-order valence-corrected chi connectivity index (χ2v) is 22.9. The van der Waals surface area contributed by atoms with Crippen LogP contribution in [0.5, 0.6) is 0 Å². The topological polar surface area (TPSA) is 24.7 Å². The fourth-order valence-corrected chi connectivity index (χ4v) is 5.27. The monoisotopic (exact) mass is 551 g/mol. The summed E-state index contributed by atoms with van der Waals surface area (Å²) in [6, 6.07) is 0.979. The van der Waals surface area contributed by atoms with E-state index in [-0.39, 0.29) is 0 Å². The fraction of sp³-hybridized carbons (Fsp3) is 0.900. The Morgan fingerprint density at radius 2 is 0.846 bits per heavy atom. The standard InChI is InChI=1S/C20H36N2.3ClH.Nd/c1-13-9-15(3)19(16(4)10-13)21-7-8-22-20-17(5)11-14(2)12-18(20)6;;;;/h7-8,13-20H,9-12H2,1-6H3;3*1H;/q;;;;+3/p-3. The molecule has 2 aliphatic carbocycles. The molecule has 0 aromatic carbocycles. The van der Waals surface area contributed by atoms with Crippen LogP contribution in [0.2, 0.25) is 0 Å². The molecule has 0 bridgehead atoms. The molecule has 0 aromatic heterocycles. The van der Waals surface area contributed by atoms with Crippen molar-refractivity contribution in [1.29, 1.82) is 0 Å². The number of hydrogen-bond acceptors (Lipinski definition) is 2. The van der Waals surface area contributed by atoms with Crippen molar-refractivity contribution < 1.29 is 29.9 Å². The molecule has 0 spiro atoms. The van der Waals surface area contributed by atoms with Crippen LogP contribution in [0.15, 0.2) is 9.98 Å². The van der Waals surface area contributed by atoms with Crippen molar-refractivity contribution in [1.82, 2.24) is 0 Å². The first kappa shape index (κ1) is 25.6. The van der Waals surface area contributed by atoms with Crippen LogP contribution in [0.3, 0.4) is 0 Å². The fourth-order valence-electron chi connectivity index (χ4n) is 5.27. The quantitative estimate of drug-likeness (QED) is 0.326. The first-order valence-corrected chi connectivity index (χ1v) is 22.0. The molecule has 4 atom stereocenters. The van der Waals surface area contributed by atoms with E-state index >= 15 is 0 Å². The molecule has 2 rings (SSSR count). The van der Waals surface area contributed by atoms with Crippen LogP contribution in [-0.4, -0.2) is 24.5 Å². The maximum atomic E-state index is 5.02. The molecule has 151 valence electrons. The van der Waals surface area contributed by atoms with Gasteiger partial charge in [-0.25, -0.2) is 0 Å². The third-order valence-corrected chi connectivity index (χ3v) is 6.01. The predicted molar refractivity (Wildman–Crippen MR) is 116 cm³/mol. The van der Waals surface area contributed by atoms with E-state index in [0.717, 1.165) is 11.8 Å². The van der Waals surface area contributed by atoms with Crippen LogP contribution in [0.25, 0.3) is 0 Å². The van der Waals surface area contributed by atoms with Gasteiger partial charge >= 0.3 is 47.3 Å². The molecule has 0 amide bonds. The second-order valence-electron chi connectivity index (χ2n) is 8.85. The predicted octanol–water partition coefficient (Wildman–Crippen LogP) is 7.34. The van der Waals surface area contributed by atoms with Gasteiger partial charge in [-0.05, 0) is 61.2 Å². The van der Waals surface area contributed by atoms with Crippen LogP contribution in [0.1, 0.15) is 67.2 Å². The summed E-state index contributed by atoms with van der Waals surface area (Å²) in [7, 11) is 0. The van der Waals surface area contributed by atoms with Gasteiger partial charge in [-0.2, -0.15) is 0 Å². The van der Waals surface area contributed by atoms with Gasteiger partial charge in [-0.1, -0.05) is 41.5 Å². The van der Waals surface area contributed by atoms with E-state index in [0.29, 0.717) is 35.8 Å². The Bertz CT molecular complexity index is 394. The molecule has 2 nitrogen and oxygen atoms in total. The van der Waals surface area contributed by atoms with Crippen molar-refractivity contribution in [3.63, 3.8) is 0 Å². The summed E-state index contributed by atoms with van der Waals surface area (Å²) in [6.45, 7) is 14.2. The Labute approximate surface area is 182 Å². The average Bonchev–Trinajstić information content (AvgIpc) is 2.46. The summed E-state index contributed by atoms with van der Waals surface area (Å²) in [5.74, 6) is 19.6. The second kappa shape index (κ2) is 13.0. The number of aliphatic imine (C=N–C) groups is 2. The van der Waals surface area contributed by atoms with Gasteiger partial charge in [0.2, 0.25) is 0 Å². The van der Waals surface area contributed by atoms with Gasteiger partial charge in [-0.3, -0.25) is 9.98 Å². The van der Waals surface area contributed by atoms with Crippen molar-refractivity contribution in [3.05, 3.63) is 0 Å². The minimum absolute atomic E-state index is 0.490. The van der Waals surface area contributed by atoms with E-state index < -0.39 is 29.9 Å². The Balaban J connectivity index is 0.000000765. The summed E-state index contributed by atoms with van der Waals surface area (Å²) < 4.78 is 0.